The van der Waals surface area contributed by atoms with Crippen LogP contribution < -0.4 is 4.90 Å². The largest absolute Gasteiger partial charge is 0.347 e. The summed E-state index contributed by atoms with van der Waals surface area (Å²) in [7, 11) is 2.19. The summed E-state index contributed by atoms with van der Waals surface area (Å²) < 4.78 is 2.35. The van der Waals surface area contributed by atoms with Crippen LogP contribution in [0.25, 0.3) is 17.0 Å². The molecule has 0 atom stereocenters. The lowest BCUT2D eigenvalue weighted by molar-refractivity contribution is 0.795. The van der Waals surface area contributed by atoms with Crippen LogP contribution in [0, 0.1) is 0 Å². The maximum Gasteiger partial charge on any atom is 0.0486 e. The Kier molecular flexibility index (Phi) is 3.83. The molecular weight excluding hydrogens is 328 g/mol. The molecule has 3 aromatic carbocycles. The summed E-state index contributed by atoms with van der Waals surface area (Å²) in [5.74, 6) is 0. The first-order valence-electron chi connectivity index (χ1n) is 9.50. The highest BCUT2D eigenvalue weighted by Gasteiger charge is 2.22. The SMILES string of the molecule is Cn1c2c(c3ccccc31)C=C(N(c1ccccc1)c1ccccc1)CC2. The van der Waals surface area contributed by atoms with E-state index in [9.17, 15) is 0 Å². The Morgan fingerprint density at radius 2 is 1.30 bits per heavy atom. The lowest BCUT2D eigenvalue weighted by atomic mass is 9.98. The highest BCUT2D eigenvalue weighted by atomic mass is 15.1. The normalized spacial score (nSPS) is 13.3. The molecule has 27 heavy (non-hydrogen) atoms. The number of fused-ring (bicyclic) bond motifs is 3. The van der Waals surface area contributed by atoms with Crippen molar-refractivity contribution in [3.05, 3.63) is 102 Å². The number of hydrogen-bond donors (Lipinski definition) is 0. The maximum atomic E-state index is 2.39. The van der Waals surface area contributed by atoms with Crippen LogP contribution in [0.3, 0.4) is 0 Å². The molecule has 0 saturated carbocycles. The van der Waals surface area contributed by atoms with Crippen LogP contribution >= 0.6 is 0 Å². The maximum absolute atomic E-state index is 2.39. The van der Waals surface area contributed by atoms with Gasteiger partial charge in [-0.3, -0.25) is 0 Å². The number of nitrogens with zero attached hydrogens (tertiary/aromatic N) is 2. The molecule has 0 spiro atoms. The van der Waals surface area contributed by atoms with Crippen molar-refractivity contribution in [1.82, 2.24) is 4.57 Å². The van der Waals surface area contributed by atoms with Crippen LogP contribution in [0.15, 0.2) is 90.6 Å². The molecule has 2 heteroatoms. The first kappa shape index (κ1) is 16.0. The average Bonchev–Trinajstić information content (AvgIpc) is 3.02. The van der Waals surface area contributed by atoms with E-state index in [-0.39, 0.29) is 0 Å². The number of para-hydroxylation sites is 3. The highest BCUT2D eigenvalue weighted by Crippen LogP contribution is 2.38. The Hall–Kier alpha value is -3.26. The lowest BCUT2D eigenvalue weighted by Gasteiger charge is -2.30. The number of aromatic nitrogens is 1. The zero-order valence-electron chi connectivity index (χ0n) is 15.5. The summed E-state index contributed by atoms with van der Waals surface area (Å²) in [6.45, 7) is 0. The smallest absolute Gasteiger partial charge is 0.0486 e. The molecule has 5 rings (SSSR count). The van der Waals surface area contributed by atoms with Crippen molar-refractivity contribution in [2.45, 2.75) is 12.8 Å². The first-order valence-corrected chi connectivity index (χ1v) is 9.50. The van der Waals surface area contributed by atoms with Gasteiger partial charge in [-0.1, -0.05) is 54.6 Å². The molecule has 0 aliphatic heterocycles. The minimum atomic E-state index is 1.03. The summed E-state index contributed by atoms with van der Waals surface area (Å²) >= 11 is 0. The van der Waals surface area contributed by atoms with Crippen molar-refractivity contribution in [2.24, 2.45) is 7.05 Å². The van der Waals surface area contributed by atoms with Gasteiger partial charge in [0.15, 0.2) is 0 Å². The molecule has 1 aromatic heterocycles. The monoisotopic (exact) mass is 350 g/mol. The van der Waals surface area contributed by atoms with E-state index in [0.29, 0.717) is 0 Å². The van der Waals surface area contributed by atoms with Crippen molar-refractivity contribution >= 4 is 28.4 Å². The predicted molar refractivity (Wildman–Crippen MR) is 114 cm³/mol. The van der Waals surface area contributed by atoms with Gasteiger partial charge in [-0.15, -0.1) is 0 Å². The number of aryl methyl sites for hydroxylation is 1. The fraction of sp³-hybridized carbons (Fsp3) is 0.120. The lowest BCUT2D eigenvalue weighted by Crippen LogP contribution is -2.19. The van der Waals surface area contributed by atoms with Crippen LogP contribution in [0.1, 0.15) is 17.7 Å². The topological polar surface area (TPSA) is 8.17 Å². The minimum Gasteiger partial charge on any atom is -0.347 e. The second-order valence-corrected chi connectivity index (χ2v) is 7.08. The minimum absolute atomic E-state index is 1.03. The summed E-state index contributed by atoms with van der Waals surface area (Å²) in [4.78, 5) is 2.39. The van der Waals surface area contributed by atoms with Gasteiger partial charge < -0.3 is 9.47 Å². The Bertz CT molecular complexity index is 1080. The predicted octanol–water partition coefficient (Wildman–Crippen LogP) is 6.30. The molecule has 0 amide bonds. The zero-order valence-corrected chi connectivity index (χ0v) is 15.5. The van der Waals surface area contributed by atoms with Crippen LogP contribution in [0.5, 0.6) is 0 Å². The number of hydrogen-bond acceptors (Lipinski definition) is 1. The van der Waals surface area contributed by atoms with Gasteiger partial charge in [0, 0.05) is 46.3 Å². The van der Waals surface area contributed by atoms with E-state index < -0.39 is 0 Å². The second-order valence-electron chi connectivity index (χ2n) is 7.08. The molecule has 0 radical (unpaired) electrons. The fourth-order valence-electron chi connectivity index (χ4n) is 4.24. The molecule has 0 saturated heterocycles. The Balaban J connectivity index is 1.70. The third-order valence-corrected chi connectivity index (χ3v) is 5.52. The van der Waals surface area contributed by atoms with Crippen molar-refractivity contribution < 1.29 is 0 Å². The highest BCUT2D eigenvalue weighted by molar-refractivity contribution is 5.93. The third-order valence-electron chi connectivity index (χ3n) is 5.52. The number of allylic oxidation sites excluding steroid dienone is 1. The molecule has 132 valence electrons. The van der Waals surface area contributed by atoms with E-state index in [1.807, 2.05) is 0 Å². The average molecular weight is 350 g/mol. The van der Waals surface area contributed by atoms with Crippen molar-refractivity contribution in [3.8, 4) is 0 Å². The third kappa shape index (κ3) is 2.65. The fourth-order valence-corrected chi connectivity index (χ4v) is 4.24. The van der Waals surface area contributed by atoms with Gasteiger partial charge in [0.2, 0.25) is 0 Å². The van der Waals surface area contributed by atoms with Gasteiger partial charge in [-0.25, -0.2) is 0 Å². The van der Waals surface area contributed by atoms with Gasteiger partial charge in [0.25, 0.3) is 0 Å². The van der Waals surface area contributed by atoms with Gasteiger partial charge in [-0.05, 0) is 49.2 Å². The summed E-state index contributed by atoms with van der Waals surface area (Å²) in [5, 5.41) is 1.34. The molecule has 0 unspecified atom stereocenters. The van der Waals surface area contributed by atoms with Gasteiger partial charge in [-0.2, -0.15) is 0 Å². The Morgan fingerprint density at radius 1 is 0.704 bits per heavy atom. The summed E-state index contributed by atoms with van der Waals surface area (Å²) in [5.41, 5.74) is 7.87. The van der Waals surface area contributed by atoms with E-state index in [0.717, 1.165) is 12.8 Å². The van der Waals surface area contributed by atoms with Crippen LogP contribution in [0.2, 0.25) is 0 Å². The Labute approximate surface area is 160 Å². The van der Waals surface area contributed by atoms with E-state index in [2.05, 4.69) is 108 Å². The molecule has 4 aromatic rings. The molecule has 0 N–H and O–H groups in total. The molecule has 0 bridgehead atoms. The molecule has 1 heterocycles. The van der Waals surface area contributed by atoms with Gasteiger partial charge >= 0.3 is 0 Å². The molecule has 1 aliphatic carbocycles. The first-order chi connectivity index (χ1) is 13.3. The van der Waals surface area contributed by atoms with Crippen LogP contribution in [-0.2, 0) is 13.5 Å². The second kappa shape index (κ2) is 6.48. The summed E-state index contributed by atoms with van der Waals surface area (Å²) in [6.07, 6.45) is 4.48. The van der Waals surface area contributed by atoms with E-state index in [4.69, 9.17) is 0 Å². The van der Waals surface area contributed by atoms with E-state index >= 15 is 0 Å². The standard InChI is InChI=1S/C25H22N2/c1-26-24-15-9-8-14-22(24)23-18-21(16-17-25(23)26)27(19-10-4-2-5-11-19)20-12-6-3-7-13-20/h2-15,18H,16-17H2,1H3. The molecule has 0 fully saturated rings. The number of benzene rings is 3. The van der Waals surface area contributed by atoms with Crippen molar-refractivity contribution in [2.75, 3.05) is 4.90 Å². The van der Waals surface area contributed by atoms with Crippen LogP contribution in [-0.4, -0.2) is 4.57 Å². The zero-order chi connectivity index (χ0) is 18.2. The van der Waals surface area contributed by atoms with Crippen molar-refractivity contribution in [1.29, 1.82) is 0 Å². The van der Waals surface area contributed by atoms with Gasteiger partial charge in [0.05, 0.1) is 0 Å². The van der Waals surface area contributed by atoms with E-state index in [1.54, 1.807) is 0 Å². The van der Waals surface area contributed by atoms with Crippen molar-refractivity contribution in [3.63, 3.8) is 0 Å². The molecule has 2 nitrogen and oxygen atoms in total. The van der Waals surface area contributed by atoms with E-state index in [1.165, 1.54) is 39.2 Å². The molecular formula is C25H22N2. The van der Waals surface area contributed by atoms with Crippen LogP contribution in [0.4, 0.5) is 11.4 Å². The number of anilines is 2. The quantitative estimate of drug-likeness (QED) is 0.421. The Morgan fingerprint density at radius 3 is 1.96 bits per heavy atom. The van der Waals surface area contributed by atoms with Gasteiger partial charge in [0.1, 0.15) is 0 Å². The molecule has 1 aliphatic rings. The number of rotatable bonds is 3. The summed E-state index contributed by atoms with van der Waals surface area (Å²) in [6, 6.07) is 30.0.